The molecule has 1 aromatic heterocycles. The van der Waals surface area contributed by atoms with Crippen LogP contribution in [0.2, 0.25) is 0 Å². The van der Waals surface area contributed by atoms with Crippen molar-refractivity contribution >= 4 is 16.6 Å². The summed E-state index contributed by atoms with van der Waals surface area (Å²) in [5, 5.41) is 5.43. The molecule has 0 saturated carbocycles. The van der Waals surface area contributed by atoms with Crippen molar-refractivity contribution in [3.05, 3.63) is 54.5 Å². The number of nitrogens with zero attached hydrogens (tertiary/aromatic N) is 2. The lowest BCUT2D eigenvalue weighted by Crippen LogP contribution is -2.28. The Kier molecular flexibility index (Phi) is 4.71. The van der Waals surface area contributed by atoms with E-state index in [2.05, 4.69) is 16.3 Å². The summed E-state index contributed by atoms with van der Waals surface area (Å²) in [6.45, 7) is 3.81. The van der Waals surface area contributed by atoms with E-state index in [0.29, 0.717) is 0 Å². The van der Waals surface area contributed by atoms with Gasteiger partial charge in [-0.05, 0) is 42.1 Å². The zero-order chi connectivity index (χ0) is 17.9. The molecular formula is C21H22FN3O. The van der Waals surface area contributed by atoms with E-state index in [4.69, 9.17) is 9.72 Å². The molecule has 4 nitrogen and oxygen atoms in total. The molecule has 1 fully saturated rings. The molecule has 0 atom stereocenters. The van der Waals surface area contributed by atoms with Crippen molar-refractivity contribution in [1.82, 2.24) is 10.3 Å². The molecule has 4 rings (SSSR count). The van der Waals surface area contributed by atoms with Crippen LogP contribution in [0.5, 0.6) is 5.75 Å². The molecule has 134 valence electrons. The third-order valence-corrected chi connectivity index (χ3v) is 4.85. The maximum atomic E-state index is 13.8. The average molecular weight is 351 g/mol. The molecular weight excluding hydrogens is 329 g/mol. The molecule has 3 aromatic rings. The predicted molar refractivity (Wildman–Crippen MR) is 103 cm³/mol. The number of hydrogen-bond donors (Lipinski definition) is 1. The molecule has 2 heterocycles. The van der Waals surface area contributed by atoms with E-state index in [1.807, 2.05) is 24.4 Å². The van der Waals surface area contributed by atoms with Crippen molar-refractivity contribution in [3.8, 4) is 16.9 Å². The van der Waals surface area contributed by atoms with Gasteiger partial charge in [0.2, 0.25) is 0 Å². The monoisotopic (exact) mass is 351 g/mol. The molecule has 0 aliphatic carbocycles. The van der Waals surface area contributed by atoms with Gasteiger partial charge in [0.1, 0.15) is 17.4 Å². The summed E-state index contributed by atoms with van der Waals surface area (Å²) in [6, 6.07) is 12.6. The van der Waals surface area contributed by atoms with Crippen molar-refractivity contribution in [2.24, 2.45) is 0 Å². The highest BCUT2D eigenvalue weighted by atomic mass is 19.1. The summed E-state index contributed by atoms with van der Waals surface area (Å²) < 4.78 is 19.4. The Morgan fingerprint density at radius 2 is 2.00 bits per heavy atom. The molecule has 1 N–H and O–H groups in total. The Morgan fingerprint density at radius 1 is 1.12 bits per heavy atom. The number of rotatable bonds is 3. The topological polar surface area (TPSA) is 37.4 Å². The van der Waals surface area contributed by atoms with Crippen molar-refractivity contribution in [1.29, 1.82) is 0 Å². The summed E-state index contributed by atoms with van der Waals surface area (Å²) in [5.74, 6) is 1.47. The fraction of sp³-hybridized carbons (Fsp3) is 0.286. The highest BCUT2D eigenvalue weighted by Crippen LogP contribution is 2.38. The Labute approximate surface area is 152 Å². The maximum absolute atomic E-state index is 13.8. The van der Waals surface area contributed by atoms with Gasteiger partial charge in [-0.25, -0.2) is 9.37 Å². The summed E-state index contributed by atoms with van der Waals surface area (Å²) in [5.41, 5.74) is 1.73. The zero-order valence-electron chi connectivity index (χ0n) is 14.8. The van der Waals surface area contributed by atoms with Crippen LogP contribution in [0.25, 0.3) is 21.9 Å². The molecule has 0 amide bonds. The fourth-order valence-electron chi connectivity index (χ4n) is 3.60. The number of hydrogen-bond acceptors (Lipinski definition) is 4. The van der Waals surface area contributed by atoms with Gasteiger partial charge in [-0.15, -0.1) is 0 Å². The van der Waals surface area contributed by atoms with Crippen LogP contribution in [0.3, 0.4) is 0 Å². The lowest BCUT2D eigenvalue weighted by molar-refractivity contribution is 0.419. The number of anilines is 1. The number of pyridine rings is 1. The zero-order valence-corrected chi connectivity index (χ0v) is 14.8. The number of aromatic nitrogens is 1. The molecule has 0 unspecified atom stereocenters. The van der Waals surface area contributed by atoms with Gasteiger partial charge in [0, 0.05) is 31.4 Å². The predicted octanol–water partition coefficient (Wildman–Crippen LogP) is 3.85. The van der Waals surface area contributed by atoms with E-state index in [1.165, 1.54) is 6.07 Å². The number of nitrogens with one attached hydrogen (secondary N) is 1. The minimum Gasteiger partial charge on any atom is -0.496 e. The van der Waals surface area contributed by atoms with Crippen LogP contribution >= 0.6 is 0 Å². The minimum atomic E-state index is -0.249. The van der Waals surface area contributed by atoms with E-state index >= 15 is 0 Å². The molecule has 0 radical (unpaired) electrons. The van der Waals surface area contributed by atoms with Crippen molar-refractivity contribution in [2.45, 2.75) is 6.42 Å². The quantitative estimate of drug-likeness (QED) is 0.778. The second-order valence-electron chi connectivity index (χ2n) is 6.48. The van der Waals surface area contributed by atoms with Gasteiger partial charge in [-0.3, -0.25) is 0 Å². The highest BCUT2D eigenvalue weighted by molar-refractivity contribution is 6.05. The van der Waals surface area contributed by atoms with Gasteiger partial charge in [-0.2, -0.15) is 0 Å². The molecule has 1 saturated heterocycles. The van der Waals surface area contributed by atoms with Crippen LogP contribution in [0, 0.1) is 5.82 Å². The highest BCUT2D eigenvalue weighted by Gasteiger charge is 2.19. The van der Waals surface area contributed by atoms with Crippen LogP contribution in [0.4, 0.5) is 10.2 Å². The van der Waals surface area contributed by atoms with Crippen LogP contribution in [-0.4, -0.2) is 38.3 Å². The van der Waals surface area contributed by atoms with Gasteiger partial charge < -0.3 is 15.0 Å². The first kappa shape index (κ1) is 16.8. The van der Waals surface area contributed by atoms with Gasteiger partial charge in [0.15, 0.2) is 0 Å². The second kappa shape index (κ2) is 7.30. The number of ether oxygens (including phenoxy) is 1. The van der Waals surface area contributed by atoms with E-state index < -0.39 is 0 Å². The molecule has 5 heteroatoms. The SMILES string of the molecule is COc1cccc2c(-c3cccc(F)c3)cnc(N3CCCNCC3)c12. The molecule has 2 aromatic carbocycles. The van der Waals surface area contributed by atoms with Crippen molar-refractivity contribution < 1.29 is 9.13 Å². The Balaban J connectivity index is 1.93. The molecule has 1 aliphatic heterocycles. The lowest BCUT2D eigenvalue weighted by Gasteiger charge is -2.24. The first-order chi connectivity index (χ1) is 12.8. The smallest absolute Gasteiger partial charge is 0.140 e. The van der Waals surface area contributed by atoms with Gasteiger partial charge in [0.05, 0.1) is 12.5 Å². The third kappa shape index (κ3) is 3.10. The summed E-state index contributed by atoms with van der Waals surface area (Å²) >= 11 is 0. The first-order valence-corrected chi connectivity index (χ1v) is 8.95. The summed E-state index contributed by atoms with van der Waals surface area (Å²) in [6.07, 6.45) is 2.92. The average Bonchev–Trinajstić information content (AvgIpc) is 2.96. The standard InChI is InChI=1S/C21H22FN3O/c1-26-19-8-3-7-17-18(15-5-2-6-16(22)13-15)14-24-21(20(17)19)25-11-4-9-23-10-12-25/h2-3,5-8,13-14,23H,4,9-12H2,1H3. The van der Waals surface area contributed by atoms with Gasteiger partial charge >= 0.3 is 0 Å². The largest absolute Gasteiger partial charge is 0.496 e. The van der Waals surface area contributed by atoms with Crippen LogP contribution in [0.1, 0.15) is 6.42 Å². The van der Waals surface area contributed by atoms with E-state index in [9.17, 15) is 4.39 Å². The van der Waals surface area contributed by atoms with Crippen molar-refractivity contribution in [2.75, 3.05) is 38.2 Å². The van der Waals surface area contributed by atoms with Gasteiger partial charge in [-0.1, -0.05) is 24.3 Å². The Hall–Kier alpha value is -2.66. The lowest BCUT2D eigenvalue weighted by atomic mass is 9.99. The summed E-state index contributed by atoms with van der Waals surface area (Å²) in [7, 11) is 1.68. The van der Waals surface area contributed by atoms with Gasteiger partial charge in [0.25, 0.3) is 0 Å². The number of halogens is 1. The molecule has 26 heavy (non-hydrogen) atoms. The number of fused-ring (bicyclic) bond motifs is 1. The van der Waals surface area contributed by atoms with E-state index in [-0.39, 0.29) is 5.82 Å². The van der Waals surface area contributed by atoms with E-state index in [1.54, 1.807) is 19.2 Å². The van der Waals surface area contributed by atoms with Crippen LogP contribution < -0.4 is 15.0 Å². The Morgan fingerprint density at radius 3 is 2.85 bits per heavy atom. The number of benzene rings is 2. The number of methoxy groups -OCH3 is 1. The summed E-state index contributed by atoms with van der Waals surface area (Å²) in [4.78, 5) is 7.09. The second-order valence-corrected chi connectivity index (χ2v) is 6.48. The molecule has 0 bridgehead atoms. The molecule has 1 aliphatic rings. The van der Waals surface area contributed by atoms with Crippen LogP contribution in [-0.2, 0) is 0 Å². The molecule has 0 spiro atoms. The minimum absolute atomic E-state index is 0.249. The first-order valence-electron chi connectivity index (χ1n) is 8.95. The maximum Gasteiger partial charge on any atom is 0.140 e. The fourth-order valence-corrected chi connectivity index (χ4v) is 3.60. The van der Waals surface area contributed by atoms with E-state index in [0.717, 1.165) is 66.1 Å². The Bertz CT molecular complexity index is 920. The van der Waals surface area contributed by atoms with Crippen molar-refractivity contribution in [3.63, 3.8) is 0 Å². The normalized spacial score (nSPS) is 15.1. The third-order valence-electron chi connectivity index (χ3n) is 4.85. The van der Waals surface area contributed by atoms with Crippen LogP contribution in [0.15, 0.2) is 48.7 Å².